The lowest BCUT2D eigenvalue weighted by Gasteiger charge is -2.21. The molecule has 2 aromatic carbocycles. The monoisotopic (exact) mass is 357 g/mol. The number of amides is 1. The Balaban J connectivity index is 0.00000182. The molecule has 0 radical (unpaired) electrons. The lowest BCUT2D eigenvalue weighted by Crippen LogP contribution is -2.39. The van der Waals surface area contributed by atoms with Gasteiger partial charge in [0.05, 0.1) is 6.54 Å². The number of carbonyl (C=O) groups is 1. The molecule has 0 aliphatic carbocycles. The molecule has 1 amide bonds. The maximum absolute atomic E-state index is 12.8. The lowest BCUT2D eigenvalue weighted by molar-refractivity contribution is -0.119. The van der Waals surface area contributed by atoms with Crippen LogP contribution in [0.1, 0.15) is 17.0 Å². The highest BCUT2D eigenvalue weighted by Crippen LogP contribution is 2.29. The van der Waals surface area contributed by atoms with Gasteiger partial charge < -0.3 is 10.6 Å². The first kappa shape index (κ1) is 17.9. The van der Waals surface area contributed by atoms with Crippen LogP contribution < -0.4 is 10.6 Å². The van der Waals surface area contributed by atoms with Crippen molar-refractivity contribution >= 4 is 24.0 Å². The molecular formula is C20H24ClN3O. The Morgan fingerprint density at radius 3 is 2.56 bits per heavy atom. The normalized spacial score (nSPS) is 22.5. The Morgan fingerprint density at radius 1 is 1.04 bits per heavy atom. The van der Waals surface area contributed by atoms with E-state index in [9.17, 15) is 4.79 Å². The zero-order valence-corrected chi connectivity index (χ0v) is 15.0. The van der Waals surface area contributed by atoms with E-state index < -0.39 is 0 Å². The number of halogens is 1. The summed E-state index contributed by atoms with van der Waals surface area (Å²) in [6.45, 7) is 2.87. The summed E-state index contributed by atoms with van der Waals surface area (Å²) in [5, 5.41) is 0. The van der Waals surface area contributed by atoms with Gasteiger partial charge >= 0.3 is 0 Å². The minimum atomic E-state index is 0. The second kappa shape index (κ2) is 7.56. The van der Waals surface area contributed by atoms with Crippen LogP contribution in [0.4, 0.5) is 5.69 Å². The summed E-state index contributed by atoms with van der Waals surface area (Å²) in [5.74, 6) is 0.491. The van der Waals surface area contributed by atoms with Gasteiger partial charge in [-0.3, -0.25) is 9.69 Å². The third-order valence-corrected chi connectivity index (χ3v) is 5.22. The summed E-state index contributed by atoms with van der Waals surface area (Å²) in [6, 6.07) is 18.7. The first-order valence-corrected chi connectivity index (χ1v) is 8.63. The third-order valence-electron chi connectivity index (χ3n) is 5.22. The quantitative estimate of drug-likeness (QED) is 0.917. The van der Waals surface area contributed by atoms with Crippen LogP contribution in [0, 0.1) is 0 Å². The van der Waals surface area contributed by atoms with Gasteiger partial charge in [-0.15, -0.1) is 12.4 Å². The minimum Gasteiger partial charge on any atom is -0.326 e. The maximum Gasteiger partial charge on any atom is 0.241 e. The molecule has 2 aromatic rings. The van der Waals surface area contributed by atoms with E-state index in [1.165, 1.54) is 11.1 Å². The molecule has 2 atom stereocenters. The van der Waals surface area contributed by atoms with Crippen molar-refractivity contribution in [2.24, 2.45) is 5.73 Å². The number of hydrogen-bond donors (Lipinski definition) is 1. The molecular weight excluding hydrogens is 334 g/mol. The van der Waals surface area contributed by atoms with Gasteiger partial charge in [0.1, 0.15) is 0 Å². The summed E-state index contributed by atoms with van der Waals surface area (Å²) >= 11 is 0. The Kier molecular flexibility index (Phi) is 5.42. The Labute approximate surface area is 155 Å². The van der Waals surface area contributed by atoms with Crippen LogP contribution in [0.15, 0.2) is 54.6 Å². The Hall–Kier alpha value is -1.88. The first-order chi connectivity index (χ1) is 11.7. The molecule has 0 bridgehead atoms. The molecule has 2 aliphatic rings. The number of rotatable bonds is 3. The molecule has 2 aliphatic heterocycles. The molecule has 1 fully saturated rings. The van der Waals surface area contributed by atoms with Crippen molar-refractivity contribution in [1.82, 2.24) is 4.90 Å². The Morgan fingerprint density at radius 2 is 1.76 bits per heavy atom. The molecule has 0 aromatic heterocycles. The molecule has 1 saturated heterocycles. The van der Waals surface area contributed by atoms with Gasteiger partial charge in [-0.1, -0.05) is 48.5 Å². The summed E-state index contributed by atoms with van der Waals surface area (Å²) in [6.07, 6.45) is 0.952. The van der Waals surface area contributed by atoms with Crippen LogP contribution in [0.2, 0.25) is 0 Å². The standard InChI is InChI=1S/C20H23N3O.ClH/c21-18-13-22(12-17(18)15-6-2-1-3-7-15)14-20(24)23-11-10-16-8-4-5-9-19(16)23;/h1-9,17-18H,10-14,21H2;1H/t17-,18+;/m0./s1. The largest absolute Gasteiger partial charge is 0.326 e. The molecule has 4 nitrogen and oxygen atoms in total. The molecule has 5 heteroatoms. The topological polar surface area (TPSA) is 49.6 Å². The first-order valence-electron chi connectivity index (χ1n) is 8.63. The smallest absolute Gasteiger partial charge is 0.241 e. The molecule has 2 heterocycles. The van der Waals surface area contributed by atoms with E-state index in [1.54, 1.807) is 0 Å². The zero-order chi connectivity index (χ0) is 16.5. The van der Waals surface area contributed by atoms with Crippen LogP contribution in [-0.2, 0) is 11.2 Å². The molecule has 2 N–H and O–H groups in total. The number of hydrogen-bond acceptors (Lipinski definition) is 3. The summed E-state index contributed by atoms with van der Waals surface area (Å²) in [7, 11) is 0. The third kappa shape index (κ3) is 3.56. The van der Waals surface area contributed by atoms with Crippen LogP contribution in [0.5, 0.6) is 0 Å². The van der Waals surface area contributed by atoms with E-state index in [0.717, 1.165) is 31.7 Å². The highest BCUT2D eigenvalue weighted by atomic mass is 35.5. The van der Waals surface area contributed by atoms with Gasteiger partial charge in [-0.2, -0.15) is 0 Å². The number of likely N-dealkylation sites (tertiary alicyclic amines) is 1. The fraction of sp³-hybridized carbons (Fsp3) is 0.350. The van der Waals surface area contributed by atoms with E-state index >= 15 is 0 Å². The summed E-state index contributed by atoms with van der Waals surface area (Å²) in [4.78, 5) is 16.9. The van der Waals surface area contributed by atoms with Gasteiger partial charge in [0.2, 0.25) is 5.91 Å². The SMILES string of the molecule is Cl.N[C@@H]1CN(CC(=O)N2CCc3ccccc32)C[C@H]1c1ccccc1. The molecule has 0 spiro atoms. The predicted octanol–water partition coefficient (Wildman–Crippen LogP) is 2.42. The Bertz CT molecular complexity index is 737. The number of fused-ring (bicyclic) bond motifs is 1. The van der Waals surface area contributed by atoms with Gasteiger partial charge in [0, 0.05) is 37.3 Å². The highest BCUT2D eigenvalue weighted by molar-refractivity contribution is 5.96. The average Bonchev–Trinajstić information content (AvgIpc) is 3.19. The van der Waals surface area contributed by atoms with Crippen molar-refractivity contribution in [3.05, 3.63) is 65.7 Å². The van der Waals surface area contributed by atoms with Crippen LogP contribution in [0.3, 0.4) is 0 Å². The van der Waals surface area contributed by atoms with E-state index in [1.807, 2.05) is 29.2 Å². The van der Waals surface area contributed by atoms with E-state index in [0.29, 0.717) is 12.5 Å². The number of benzene rings is 2. The van der Waals surface area contributed by atoms with Crippen LogP contribution in [-0.4, -0.2) is 43.0 Å². The van der Waals surface area contributed by atoms with Crippen molar-refractivity contribution in [3.63, 3.8) is 0 Å². The lowest BCUT2D eigenvalue weighted by atomic mass is 9.95. The van der Waals surface area contributed by atoms with Crippen molar-refractivity contribution in [2.75, 3.05) is 31.1 Å². The zero-order valence-electron chi connectivity index (χ0n) is 14.2. The number of nitrogens with two attached hydrogens (primary N) is 1. The van der Waals surface area contributed by atoms with E-state index in [-0.39, 0.29) is 24.4 Å². The number of nitrogens with zero attached hydrogens (tertiary/aromatic N) is 2. The van der Waals surface area contributed by atoms with Crippen molar-refractivity contribution in [1.29, 1.82) is 0 Å². The predicted molar refractivity (Wildman–Crippen MR) is 103 cm³/mol. The average molecular weight is 358 g/mol. The molecule has 4 rings (SSSR count). The molecule has 0 unspecified atom stereocenters. The summed E-state index contributed by atoms with van der Waals surface area (Å²) in [5.41, 5.74) is 9.95. The van der Waals surface area contributed by atoms with Crippen LogP contribution in [0.25, 0.3) is 0 Å². The van der Waals surface area contributed by atoms with Crippen LogP contribution >= 0.6 is 12.4 Å². The van der Waals surface area contributed by atoms with Gasteiger partial charge in [-0.05, 0) is 23.6 Å². The van der Waals surface area contributed by atoms with Gasteiger partial charge in [0.15, 0.2) is 0 Å². The van der Waals surface area contributed by atoms with Crippen molar-refractivity contribution in [3.8, 4) is 0 Å². The van der Waals surface area contributed by atoms with Gasteiger partial charge in [0.25, 0.3) is 0 Å². The second-order valence-electron chi connectivity index (χ2n) is 6.80. The fourth-order valence-corrected chi connectivity index (χ4v) is 3.97. The molecule has 25 heavy (non-hydrogen) atoms. The van der Waals surface area contributed by atoms with E-state index in [4.69, 9.17) is 5.73 Å². The minimum absolute atomic E-state index is 0. The van der Waals surface area contributed by atoms with E-state index in [2.05, 4.69) is 35.2 Å². The highest BCUT2D eigenvalue weighted by Gasteiger charge is 2.33. The fourth-order valence-electron chi connectivity index (χ4n) is 3.97. The van der Waals surface area contributed by atoms with Gasteiger partial charge in [-0.25, -0.2) is 0 Å². The number of anilines is 1. The maximum atomic E-state index is 12.8. The molecule has 132 valence electrons. The summed E-state index contributed by atoms with van der Waals surface area (Å²) < 4.78 is 0. The molecule has 0 saturated carbocycles. The van der Waals surface area contributed by atoms with Crippen molar-refractivity contribution in [2.45, 2.75) is 18.4 Å². The number of para-hydroxylation sites is 1. The number of carbonyl (C=O) groups excluding carboxylic acids is 1. The van der Waals surface area contributed by atoms with Crippen molar-refractivity contribution < 1.29 is 4.79 Å². The second-order valence-corrected chi connectivity index (χ2v) is 6.80.